The van der Waals surface area contributed by atoms with Gasteiger partial charge in [0.25, 0.3) is 0 Å². The average molecular weight is 333 g/mol. The van der Waals surface area contributed by atoms with Crippen molar-refractivity contribution < 1.29 is 4.42 Å². The molecule has 122 valence electrons. The Morgan fingerprint density at radius 2 is 1.96 bits per heavy atom. The van der Waals surface area contributed by atoms with Crippen LogP contribution in [0.1, 0.15) is 26.0 Å². The van der Waals surface area contributed by atoms with Crippen molar-refractivity contribution in [3.05, 3.63) is 35.0 Å². The maximum atomic E-state index is 9.20. The predicted octanol–water partition coefficient (Wildman–Crippen LogP) is 4.01. The molecule has 0 fully saturated rings. The van der Waals surface area contributed by atoms with Crippen molar-refractivity contribution in [2.75, 3.05) is 31.5 Å². The molecule has 1 aromatic heterocycles. The molecule has 2 rings (SSSR count). The van der Waals surface area contributed by atoms with E-state index in [4.69, 9.17) is 16.0 Å². The standard InChI is InChI=1S/C17H21ClN4O/c1-3-22(4-2)11-5-10-20-17-15(12-19)21-16(23-17)13-6-8-14(18)9-7-13/h6-9,20H,3-5,10-11H2,1-2H3. The van der Waals surface area contributed by atoms with Crippen LogP contribution >= 0.6 is 11.6 Å². The zero-order valence-corrected chi connectivity index (χ0v) is 14.2. The van der Waals surface area contributed by atoms with E-state index in [2.05, 4.69) is 35.1 Å². The molecule has 1 N–H and O–H groups in total. The van der Waals surface area contributed by atoms with Gasteiger partial charge in [-0.25, -0.2) is 0 Å². The molecular weight excluding hydrogens is 312 g/mol. The average Bonchev–Trinajstić information content (AvgIpc) is 2.99. The van der Waals surface area contributed by atoms with Gasteiger partial charge in [-0.05, 0) is 50.3 Å². The molecule has 6 heteroatoms. The first-order valence-corrected chi connectivity index (χ1v) is 8.18. The maximum absolute atomic E-state index is 9.20. The molecule has 5 nitrogen and oxygen atoms in total. The number of hydrogen-bond donors (Lipinski definition) is 1. The Balaban J connectivity index is 1.99. The quantitative estimate of drug-likeness (QED) is 0.740. The van der Waals surface area contributed by atoms with Crippen LogP contribution in [-0.4, -0.2) is 36.1 Å². The normalized spacial score (nSPS) is 10.7. The number of nitriles is 1. The van der Waals surface area contributed by atoms with Crippen LogP contribution in [0.3, 0.4) is 0 Å². The first kappa shape index (κ1) is 17.3. The highest BCUT2D eigenvalue weighted by atomic mass is 35.5. The Morgan fingerprint density at radius 1 is 1.26 bits per heavy atom. The topological polar surface area (TPSA) is 65.1 Å². The van der Waals surface area contributed by atoms with Crippen molar-refractivity contribution in [1.82, 2.24) is 9.88 Å². The van der Waals surface area contributed by atoms with E-state index in [1.807, 2.05) is 12.1 Å². The minimum absolute atomic E-state index is 0.276. The number of halogens is 1. The third-order valence-corrected chi connectivity index (χ3v) is 3.91. The molecule has 0 spiro atoms. The molecule has 0 aliphatic carbocycles. The highest BCUT2D eigenvalue weighted by molar-refractivity contribution is 6.30. The molecule has 0 unspecified atom stereocenters. The minimum atomic E-state index is 0.276. The zero-order chi connectivity index (χ0) is 16.7. The number of nitrogens with one attached hydrogen (secondary N) is 1. The van der Waals surface area contributed by atoms with E-state index in [1.165, 1.54) is 0 Å². The minimum Gasteiger partial charge on any atom is -0.419 e. The summed E-state index contributed by atoms with van der Waals surface area (Å²) in [5.74, 6) is 0.849. The van der Waals surface area contributed by atoms with Crippen molar-refractivity contribution in [1.29, 1.82) is 5.26 Å². The predicted molar refractivity (Wildman–Crippen MR) is 92.6 cm³/mol. The summed E-state index contributed by atoms with van der Waals surface area (Å²) in [6, 6.07) is 9.24. The van der Waals surface area contributed by atoms with Gasteiger partial charge in [0.15, 0.2) is 0 Å². The van der Waals surface area contributed by atoms with Crippen molar-refractivity contribution in [3.63, 3.8) is 0 Å². The summed E-state index contributed by atoms with van der Waals surface area (Å²) >= 11 is 5.88. The Bertz CT molecular complexity index is 656. The SMILES string of the molecule is CCN(CC)CCCNc1oc(-c2ccc(Cl)cc2)nc1C#N. The number of nitrogens with zero attached hydrogens (tertiary/aromatic N) is 3. The Kier molecular flexibility index (Phi) is 6.45. The summed E-state index contributed by atoms with van der Waals surface area (Å²) < 4.78 is 5.69. The fraction of sp³-hybridized carbons (Fsp3) is 0.412. The first-order valence-electron chi connectivity index (χ1n) is 7.81. The van der Waals surface area contributed by atoms with E-state index in [0.29, 0.717) is 16.8 Å². The summed E-state index contributed by atoms with van der Waals surface area (Å²) in [7, 11) is 0. The summed E-state index contributed by atoms with van der Waals surface area (Å²) in [5, 5.41) is 13.0. The third kappa shape index (κ3) is 4.72. The van der Waals surface area contributed by atoms with Gasteiger partial charge in [0.05, 0.1) is 0 Å². The molecule has 1 heterocycles. The molecule has 0 radical (unpaired) electrons. The van der Waals surface area contributed by atoms with Crippen LogP contribution in [0.15, 0.2) is 28.7 Å². The lowest BCUT2D eigenvalue weighted by Gasteiger charge is -2.17. The second-order valence-electron chi connectivity index (χ2n) is 5.12. The van der Waals surface area contributed by atoms with Gasteiger partial charge in [-0.1, -0.05) is 25.4 Å². The largest absolute Gasteiger partial charge is 0.419 e. The van der Waals surface area contributed by atoms with E-state index in [0.717, 1.165) is 38.2 Å². The Morgan fingerprint density at radius 3 is 2.57 bits per heavy atom. The zero-order valence-electron chi connectivity index (χ0n) is 13.5. The Hall–Kier alpha value is -2.03. The van der Waals surface area contributed by atoms with Crippen LogP contribution in [0.25, 0.3) is 11.5 Å². The second-order valence-corrected chi connectivity index (χ2v) is 5.56. The van der Waals surface area contributed by atoms with E-state index in [9.17, 15) is 5.26 Å². The maximum Gasteiger partial charge on any atom is 0.232 e. The molecule has 0 aliphatic rings. The second kappa shape index (κ2) is 8.56. The number of aromatic nitrogens is 1. The van der Waals surface area contributed by atoms with Crippen LogP contribution in [0.5, 0.6) is 0 Å². The smallest absolute Gasteiger partial charge is 0.232 e. The third-order valence-electron chi connectivity index (χ3n) is 3.66. The molecule has 23 heavy (non-hydrogen) atoms. The summed E-state index contributed by atoms with van der Waals surface area (Å²) in [4.78, 5) is 6.58. The molecule has 1 aromatic carbocycles. The van der Waals surface area contributed by atoms with Crippen LogP contribution in [0.4, 0.5) is 5.88 Å². The molecule has 0 bridgehead atoms. The van der Waals surface area contributed by atoms with Crippen molar-refractivity contribution in [2.24, 2.45) is 0 Å². The van der Waals surface area contributed by atoms with Gasteiger partial charge in [-0.3, -0.25) is 0 Å². The molecule has 2 aromatic rings. The number of oxazole rings is 1. The van der Waals surface area contributed by atoms with Crippen LogP contribution in [0, 0.1) is 11.3 Å². The lowest BCUT2D eigenvalue weighted by molar-refractivity contribution is 0.302. The fourth-order valence-corrected chi connectivity index (χ4v) is 2.40. The Labute approximate surface area is 141 Å². The van der Waals surface area contributed by atoms with Crippen molar-refractivity contribution in [2.45, 2.75) is 20.3 Å². The van der Waals surface area contributed by atoms with Gasteiger partial charge in [-0.2, -0.15) is 10.2 Å². The van der Waals surface area contributed by atoms with E-state index in [1.54, 1.807) is 12.1 Å². The molecule has 0 aliphatic heterocycles. The van der Waals surface area contributed by atoms with Gasteiger partial charge >= 0.3 is 0 Å². The number of anilines is 1. The van der Waals surface area contributed by atoms with Crippen molar-refractivity contribution >= 4 is 17.5 Å². The monoisotopic (exact) mass is 332 g/mol. The molecule has 0 saturated carbocycles. The van der Waals surface area contributed by atoms with Crippen LogP contribution < -0.4 is 5.32 Å². The number of rotatable bonds is 8. The van der Waals surface area contributed by atoms with Gasteiger partial charge in [0.2, 0.25) is 17.5 Å². The van der Waals surface area contributed by atoms with Gasteiger partial charge in [0, 0.05) is 17.1 Å². The molecule has 0 atom stereocenters. The molecular formula is C17H21ClN4O. The number of benzene rings is 1. The molecule has 0 saturated heterocycles. The molecule has 0 amide bonds. The van der Waals surface area contributed by atoms with Crippen LogP contribution in [0.2, 0.25) is 5.02 Å². The lowest BCUT2D eigenvalue weighted by Crippen LogP contribution is -2.25. The van der Waals surface area contributed by atoms with Crippen LogP contribution in [-0.2, 0) is 0 Å². The van der Waals surface area contributed by atoms with E-state index in [-0.39, 0.29) is 5.69 Å². The number of hydrogen-bond acceptors (Lipinski definition) is 5. The highest BCUT2D eigenvalue weighted by Gasteiger charge is 2.14. The van der Waals surface area contributed by atoms with E-state index >= 15 is 0 Å². The summed E-state index contributed by atoms with van der Waals surface area (Å²) in [6.07, 6.45) is 0.976. The van der Waals surface area contributed by atoms with E-state index < -0.39 is 0 Å². The lowest BCUT2D eigenvalue weighted by atomic mass is 10.2. The summed E-state index contributed by atoms with van der Waals surface area (Å²) in [6.45, 7) is 8.14. The first-order chi connectivity index (χ1) is 11.2. The van der Waals surface area contributed by atoms with Gasteiger partial charge in [0.1, 0.15) is 6.07 Å². The van der Waals surface area contributed by atoms with Gasteiger partial charge in [-0.15, -0.1) is 0 Å². The van der Waals surface area contributed by atoms with Crippen molar-refractivity contribution in [3.8, 4) is 17.5 Å². The van der Waals surface area contributed by atoms with Gasteiger partial charge < -0.3 is 14.6 Å². The fourth-order valence-electron chi connectivity index (χ4n) is 2.28. The summed E-state index contributed by atoms with van der Waals surface area (Å²) in [5.41, 5.74) is 1.07. The highest BCUT2D eigenvalue weighted by Crippen LogP contribution is 2.26.